The topological polar surface area (TPSA) is 84.3 Å². The second-order valence-electron chi connectivity index (χ2n) is 1.55. The standard InChI is InChI=1S/C4H13N3O/c5-2-1-4(6)7-3-8/h4,7-8H,1-3,5-6H2/t4-/m0/s1. The number of nitrogens with two attached hydrogens (primary N) is 2. The Hall–Kier alpha value is -0.160. The minimum atomic E-state index is -0.162. The fourth-order valence-electron chi connectivity index (χ4n) is 0.399. The van der Waals surface area contributed by atoms with E-state index in [-0.39, 0.29) is 12.9 Å². The largest absolute Gasteiger partial charge is 0.381 e. The van der Waals surface area contributed by atoms with Gasteiger partial charge < -0.3 is 16.6 Å². The molecule has 0 fully saturated rings. The summed E-state index contributed by atoms with van der Waals surface area (Å²) in [5.74, 6) is 0. The van der Waals surface area contributed by atoms with E-state index in [9.17, 15) is 0 Å². The van der Waals surface area contributed by atoms with Crippen LogP contribution in [-0.4, -0.2) is 24.5 Å². The predicted octanol–water partition coefficient (Wildman–Crippen LogP) is -1.84. The van der Waals surface area contributed by atoms with Crippen LogP contribution in [0.15, 0.2) is 0 Å². The van der Waals surface area contributed by atoms with Crippen LogP contribution >= 0.6 is 0 Å². The van der Waals surface area contributed by atoms with Gasteiger partial charge in [-0.15, -0.1) is 0 Å². The van der Waals surface area contributed by atoms with Crippen LogP contribution in [-0.2, 0) is 0 Å². The Bertz CT molecular complexity index is 44.5. The molecular formula is C4H13N3O. The van der Waals surface area contributed by atoms with Gasteiger partial charge in [0.1, 0.15) is 0 Å². The van der Waals surface area contributed by atoms with E-state index < -0.39 is 0 Å². The molecule has 6 N–H and O–H groups in total. The smallest absolute Gasteiger partial charge is 0.0943 e. The predicted molar refractivity (Wildman–Crippen MR) is 31.9 cm³/mol. The summed E-state index contributed by atoms with van der Waals surface area (Å²) in [6.45, 7) is 0.468. The SMILES string of the molecule is NCC[C@@H](N)NCO. The van der Waals surface area contributed by atoms with E-state index >= 15 is 0 Å². The first-order valence-corrected chi connectivity index (χ1v) is 2.61. The minimum absolute atomic E-state index is 0.0822. The van der Waals surface area contributed by atoms with E-state index in [4.69, 9.17) is 16.6 Å². The lowest BCUT2D eigenvalue weighted by Gasteiger charge is -2.08. The second-order valence-corrected chi connectivity index (χ2v) is 1.55. The quantitative estimate of drug-likeness (QED) is 0.328. The summed E-state index contributed by atoms with van der Waals surface area (Å²) in [6.07, 6.45) is 0.533. The van der Waals surface area contributed by atoms with Gasteiger partial charge in [-0.25, -0.2) is 0 Å². The van der Waals surface area contributed by atoms with Crippen molar-refractivity contribution in [1.82, 2.24) is 5.32 Å². The minimum Gasteiger partial charge on any atom is -0.381 e. The molecule has 0 saturated heterocycles. The fraction of sp³-hybridized carbons (Fsp3) is 1.00. The van der Waals surface area contributed by atoms with Crippen LogP contribution in [0.2, 0.25) is 0 Å². The highest BCUT2D eigenvalue weighted by Crippen LogP contribution is 1.75. The second kappa shape index (κ2) is 4.99. The molecule has 0 aromatic heterocycles. The molecular weight excluding hydrogens is 106 g/mol. The summed E-state index contributed by atoms with van der Waals surface area (Å²) in [5, 5.41) is 10.8. The molecule has 0 spiro atoms. The van der Waals surface area contributed by atoms with Crippen molar-refractivity contribution in [2.24, 2.45) is 11.5 Å². The maximum absolute atomic E-state index is 8.23. The summed E-state index contributed by atoms with van der Waals surface area (Å²) >= 11 is 0. The number of aliphatic hydroxyl groups is 1. The first-order valence-electron chi connectivity index (χ1n) is 2.61. The number of nitrogens with one attached hydrogen (secondary N) is 1. The summed E-state index contributed by atoms with van der Waals surface area (Å²) in [6, 6.07) is 0. The molecule has 1 atom stereocenters. The molecule has 0 bridgehead atoms. The van der Waals surface area contributed by atoms with Crippen molar-refractivity contribution in [3.63, 3.8) is 0 Å². The van der Waals surface area contributed by atoms with Crippen LogP contribution in [0.4, 0.5) is 0 Å². The van der Waals surface area contributed by atoms with Crippen LogP contribution in [0, 0.1) is 0 Å². The molecule has 0 saturated carbocycles. The van der Waals surface area contributed by atoms with Gasteiger partial charge in [-0.1, -0.05) is 0 Å². The number of hydrogen-bond donors (Lipinski definition) is 4. The third-order valence-corrected chi connectivity index (χ3v) is 0.831. The number of rotatable bonds is 4. The van der Waals surface area contributed by atoms with Gasteiger partial charge in [0.05, 0.1) is 12.9 Å². The van der Waals surface area contributed by atoms with E-state index in [0.29, 0.717) is 13.0 Å². The van der Waals surface area contributed by atoms with Crippen molar-refractivity contribution < 1.29 is 5.11 Å². The Labute approximate surface area is 48.9 Å². The van der Waals surface area contributed by atoms with Gasteiger partial charge in [-0.2, -0.15) is 0 Å². The molecule has 0 amide bonds. The van der Waals surface area contributed by atoms with Crippen LogP contribution in [0.5, 0.6) is 0 Å². The van der Waals surface area contributed by atoms with Gasteiger partial charge in [0.15, 0.2) is 0 Å². The Morgan fingerprint density at radius 3 is 2.62 bits per heavy atom. The van der Waals surface area contributed by atoms with Gasteiger partial charge in [-0.05, 0) is 13.0 Å². The van der Waals surface area contributed by atoms with Crippen LogP contribution in [0.25, 0.3) is 0 Å². The maximum Gasteiger partial charge on any atom is 0.0943 e. The molecule has 4 heteroatoms. The van der Waals surface area contributed by atoms with E-state index in [1.165, 1.54) is 0 Å². The molecule has 0 heterocycles. The molecule has 4 nitrogen and oxygen atoms in total. The van der Waals surface area contributed by atoms with E-state index in [1.54, 1.807) is 0 Å². The van der Waals surface area contributed by atoms with E-state index in [0.717, 1.165) is 0 Å². The zero-order valence-electron chi connectivity index (χ0n) is 4.80. The monoisotopic (exact) mass is 119 g/mol. The average molecular weight is 119 g/mol. The van der Waals surface area contributed by atoms with Crippen molar-refractivity contribution in [2.45, 2.75) is 12.6 Å². The Morgan fingerprint density at radius 1 is 1.62 bits per heavy atom. The Balaban J connectivity index is 2.92. The summed E-state index contributed by atoms with van der Waals surface area (Å²) in [5.41, 5.74) is 10.5. The summed E-state index contributed by atoms with van der Waals surface area (Å²) in [7, 11) is 0. The molecule has 0 unspecified atom stereocenters. The van der Waals surface area contributed by atoms with E-state index in [2.05, 4.69) is 5.32 Å². The highest BCUT2D eigenvalue weighted by atomic mass is 16.3. The average Bonchev–Trinajstić information content (AvgIpc) is 1.68. The molecule has 0 aromatic carbocycles. The number of aliphatic hydroxyl groups excluding tert-OH is 1. The highest BCUT2D eigenvalue weighted by Gasteiger charge is 1.94. The lowest BCUT2D eigenvalue weighted by atomic mass is 10.3. The molecule has 0 aliphatic carbocycles. The van der Waals surface area contributed by atoms with Crippen molar-refractivity contribution in [3.05, 3.63) is 0 Å². The molecule has 8 heavy (non-hydrogen) atoms. The van der Waals surface area contributed by atoms with Crippen molar-refractivity contribution >= 4 is 0 Å². The zero-order chi connectivity index (χ0) is 6.41. The normalized spacial score (nSPS) is 13.9. The highest BCUT2D eigenvalue weighted by molar-refractivity contribution is 4.54. The molecule has 50 valence electrons. The van der Waals surface area contributed by atoms with Crippen molar-refractivity contribution in [2.75, 3.05) is 13.3 Å². The molecule has 0 aromatic rings. The van der Waals surface area contributed by atoms with Crippen molar-refractivity contribution in [3.8, 4) is 0 Å². The molecule has 0 radical (unpaired) electrons. The Morgan fingerprint density at radius 2 is 2.25 bits per heavy atom. The zero-order valence-corrected chi connectivity index (χ0v) is 4.80. The molecule has 0 rings (SSSR count). The van der Waals surface area contributed by atoms with Crippen LogP contribution in [0.3, 0.4) is 0 Å². The van der Waals surface area contributed by atoms with Gasteiger partial charge in [-0.3, -0.25) is 5.32 Å². The molecule has 0 aliphatic heterocycles. The maximum atomic E-state index is 8.23. The third kappa shape index (κ3) is 4.01. The lowest BCUT2D eigenvalue weighted by molar-refractivity contribution is 0.239. The molecule has 0 aliphatic rings. The fourth-order valence-corrected chi connectivity index (χ4v) is 0.399. The van der Waals surface area contributed by atoms with Crippen molar-refractivity contribution in [1.29, 1.82) is 0 Å². The van der Waals surface area contributed by atoms with Gasteiger partial charge in [0, 0.05) is 0 Å². The first-order chi connectivity index (χ1) is 3.81. The van der Waals surface area contributed by atoms with Gasteiger partial charge >= 0.3 is 0 Å². The van der Waals surface area contributed by atoms with Crippen LogP contribution < -0.4 is 16.8 Å². The van der Waals surface area contributed by atoms with Crippen LogP contribution in [0.1, 0.15) is 6.42 Å². The number of hydrogen-bond acceptors (Lipinski definition) is 4. The van der Waals surface area contributed by atoms with Gasteiger partial charge in [0.2, 0.25) is 0 Å². The van der Waals surface area contributed by atoms with Gasteiger partial charge in [0.25, 0.3) is 0 Å². The summed E-state index contributed by atoms with van der Waals surface area (Å²) in [4.78, 5) is 0. The first kappa shape index (κ1) is 7.84. The Kier molecular flexibility index (Phi) is 4.89. The lowest BCUT2D eigenvalue weighted by Crippen LogP contribution is -2.39. The van der Waals surface area contributed by atoms with E-state index in [1.807, 2.05) is 0 Å². The summed E-state index contributed by atoms with van der Waals surface area (Å²) < 4.78 is 0. The third-order valence-electron chi connectivity index (χ3n) is 0.831.